The molecule has 0 atom stereocenters. The first kappa shape index (κ1) is 11.0. The molecule has 0 unspecified atom stereocenters. The Morgan fingerprint density at radius 1 is 1.36 bits per heavy atom. The highest BCUT2D eigenvalue weighted by Crippen LogP contribution is 2.18. The van der Waals surface area contributed by atoms with Crippen LogP contribution in [0.25, 0.3) is 5.57 Å². The maximum absolute atomic E-state index is 11.3. The maximum atomic E-state index is 11.3. The molecule has 1 aromatic rings. The third-order valence-electron chi connectivity index (χ3n) is 1.77. The molecule has 0 fully saturated rings. The van der Waals surface area contributed by atoms with E-state index in [1.807, 2.05) is 24.3 Å². The van der Waals surface area contributed by atoms with Crippen LogP contribution in [0.15, 0.2) is 35.0 Å². The van der Waals surface area contributed by atoms with Crippen molar-refractivity contribution in [2.24, 2.45) is 0 Å². The van der Waals surface area contributed by atoms with E-state index in [0.717, 1.165) is 10.0 Å². The number of methoxy groups -OCH3 is 1. The van der Waals surface area contributed by atoms with Crippen LogP contribution in [0.3, 0.4) is 0 Å². The zero-order valence-electron chi connectivity index (χ0n) is 8.08. The highest BCUT2D eigenvalue weighted by molar-refractivity contribution is 9.10. The van der Waals surface area contributed by atoms with Crippen molar-refractivity contribution in [1.29, 1.82) is 0 Å². The number of rotatable bonds is 3. The van der Waals surface area contributed by atoms with E-state index in [1.54, 1.807) is 0 Å². The van der Waals surface area contributed by atoms with Crippen LogP contribution in [0.5, 0.6) is 0 Å². The lowest BCUT2D eigenvalue weighted by Gasteiger charge is -2.03. The average molecular weight is 255 g/mol. The van der Waals surface area contributed by atoms with Gasteiger partial charge in [0.05, 0.1) is 18.9 Å². The Kier molecular flexibility index (Phi) is 3.89. The minimum Gasteiger partial charge on any atom is -0.504 e. The van der Waals surface area contributed by atoms with Crippen LogP contribution in [0, 0.1) is 0 Å². The Balaban J connectivity index is 3.06. The van der Waals surface area contributed by atoms with Crippen LogP contribution in [0.2, 0.25) is 0 Å². The van der Waals surface area contributed by atoms with Gasteiger partial charge >= 0.3 is 0 Å². The summed E-state index contributed by atoms with van der Waals surface area (Å²) in [6, 6.07) is 7.52. The number of benzene rings is 1. The van der Waals surface area contributed by atoms with Gasteiger partial charge in [-0.25, -0.2) is 0 Å². The number of hydrogen-bond donors (Lipinski definition) is 0. The van der Waals surface area contributed by atoms with E-state index >= 15 is 0 Å². The van der Waals surface area contributed by atoms with Gasteiger partial charge in [0.25, 0.3) is 0 Å². The van der Waals surface area contributed by atoms with Crippen LogP contribution in [0.1, 0.15) is 12.5 Å². The van der Waals surface area contributed by atoms with Gasteiger partial charge in [-0.3, -0.25) is 4.79 Å². The number of hydrogen-bond acceptors (Lipinski definition) is 2. The zero-order valence-corrected chi connectivity index (χ0v) is 9.67. The molecule has 0 saturated heterocycles. The molecule has 0 aromatic heterocycles. The van der Waals surface area contributed by atoms with E-state index in [0.29, 0.717) is 5.57 Å². The standard InChI is InChI=1S/C11H11BrO2/c1-8(13)11(7-14-2)9-3-5-10(12)6-4-9/h3-7H,1-2H3. The van der Waals surface area contributed by atoms with Gasteiger partial charge in [0.2, 0.25) is 0 Å². The van der Waals surface area contributed by atoms with Crippen molar-refractivity contribution >= 4 is 27.3 Å². The second-order valence-corrected chi connectivity index (χ2v) is 3.75. The molecular weight excluding hydrogens is 244 g/mol. The zero-order chi connectivity index (χ0) is 10.6. The van der Waals surface area contributed by atoms with Gasteiger partial charge in [-0.1, -0.05) is 28.1 Å². The number of halogens is 1. The molecule has 0 aliphatic rings. The van der Waals surface area contributed by atoms with Crippen molar-refractivity contribution in [3.05, 3.63) is 40.6 Å². The third kappa shape index (κ3) is 2.70. The first-order valence-corrected chi connectivity index (χ1v) is 4.94. The minimum absolute atomic E-state index is 0.00540. The summed E-state index contributed by atoms with van der Waals surface area (Å²) in [6.45, 7) is 1.52. The van der Waals surface area contributed by atoms with Crippen LogP contribution in [-0.2, 0) is 9.53 Å². The highest BCUT2D eigenvalue weighted by atomic mass is 79.9. The topological polar surface area (TPSA) is 26.3 Å². The molecule has 0 N–H and O–H groups in total. The molecule has 14 heavy (non-hydrogen) atoms. The lowest BCUT2D eigenvalue weighted by Crippen LogP contribution is -1.96. The first-order valence-electron chi connectivity index (χ1n) is 4.15. The van der Waals surface area contributed by atoms with E-state index < -0.39 is 0 Å². The second-order valence-electron chi connectivity index (χ2n) is 2.83. The molecule has 0 amide bonds. The summed E-state index contributed by atoms with van der Waals surface area (Å²) in [7, 11) is 1.53. The molecule has 3 heteroatoms. The predicted octanol–water partition coefficient (Wildman–Crippen LogP) is 3.03. The van der Waals surface area contributed by atoms with Crippen molar-refractivity contribution in [2.75, 3.05) is 7.11 Å². The Morgan fingerprint density at radius 2 is 1.93 bits per heavy atom. The molecule has 0 saturated carbocycles. The summed E-state index contributed by atoms with van der Waals surface area (Å²) < 4.78 is 5.84. The Hall–Kier alpha value is -1.09. The van der Waals surface area contributed by atoms with E-state index in [-0.39, 0.29) is 5.78 Å². The van der Waals surface area contributed by atoms with Crippen LogP contribution in [-0.4, -0.2) is 12.9 Å². The molecule has 0 bridgehead atoms. The summed E-state index contributed by atoms with van der Waals surface area (Å²) in [5.41, 5.74) is 1.45. The summed E-state index contributed by atoms with van der Waals surface area (Å²) >= 11 is 3.33. The van der Waals surface area contributed by atoms with Gasteiger partial charge < -0.3 is 4.74 Å². The van der Waals surface area contributed by atoms with Crippen LogP contribution < -0.4 is 0 Å². The van der Waals surface area contributed by atoms with Gasteiger partial charge in [0.15, 0.2) is 5.78 Å². The molecule has 74 valence electrons. The fraction of sp³-hybridized carbons (Fsp3) is 0.182. The number of Topliss-reactive ketones (excluding diaryl/α,β-unsaturated/α-hetero) is 1. The summed E-state index contributed by atoms with van der Waals surface area (Å²) in [5, 5.41) is 0. The van der Waals surface area contributed by atoms with Crippen molar-refractivity contribution in [2.45, 2.75) is 6.92 Å². The van der Waals surface area contributed by atoms with Crippen molar-refractivity contribution in [3.8, 4) is 0 Å². The highest BCUT2D eigenvalue weighted by Gasteiger charge is 2.06. The third-order valence-corrected chi connectivity index (χ3v) is 2.30. The van der Waals surface area contributed by atoms with Crippen molar-refractivity contribution in [1.82, 2.24) is 0 Å². The molecule has 1 rings (SSSR count). The van der Waals surface area contributed by atoms with Gasteiger partial charge in [-0.05, 0) is 24.6 Å². The molecule has 2 nitrogen and oxygen atoms in total. The smallest absolute Gasteiger partial charge is 0.163 e. The van der Waals surface area contributed by atoms with Gasteiger partial charge in [0, 0.05) is 4.47 Å². The maximum Gasteiger partial charge on any atom is 0.163 e. The SMILES string of the molecule is COC=C(C(C)=O)c1ccc(Br)cc1. The Labute approximate surface area is 91.7 Å². The van der Waals surface area contributed by atoms with Crippen LogP contribution in [0.4, 0.5) is 0 Å². The van der Waals surface area contributed by atoms with Crippen molar-refractivity contribution < 1.29 is 9.53 Å². The average Bonchev–Trinajstić information content (AvgIpc) is 2.15. The molecular formula is C11H11BrO2. The number of carbonyl (C=O) groups excluding carboxylic acids is 1. The molecule has 0 aliphatic carbocycles. The summed E-state index contributed by atoms with van der Waals surface area (Å²) in [5.74, 6) is -0.00540. The molecule has 0 spiro atoms. The van der Waals surface area contributed by atoms with Gasteiger partial charge in [-0.2, -0.15) is 0 Å². The Bertz CT molecular complexity index is 352. The largest absolute Gasteiger partial charge is 0.504 e. The lowest BCUT2D eigenvalue weighted by molar-refractivity contribution is -0.111. The fourth-order valence-corrected chi connectivity index (χ4v) is 1.37. The van der Waals surface area contributed by atoms with Gasteiger partial charge in [0.1, 0.15) is 0 Å². The summed E-state index contributed by atoms with van der Waals surface area (Å²) in [4.78, 5) is 11.3. The normalized spacial score (nSPS) is 11.2. The van der Waals surface area contributed by atoms with E-state index in [1.165, 1.54) is 20.3 Å². The lowest BCUT2D eigenvalue weighted by atomic mass is 10.0. The number of carbonyl (C=O) groups is 1. The van der Waals surface area contributed by atoms with Crippen LogP contribution >= 0.6 is 15.9 Å². The van der Waals surface area contributed by atoms with E-state index in [4.69, 9.17) is 4.74 Å². The number of ether oxygens (including phenoxy) is 1. The molecule has 0 radical (unpaired) electrons. The van der Waals surface area contributed by atoms with Gasteiger partial charge in [-0.15, -0.1) is 0 Å². The quantitative estimate of drug-likeness (QED) is 0.613. The number of allylic oxidation sites excluding steroid dienone is 1. The Morgan fingerprint density at radius 3 is 2.36 bits per heavy atom. The number of ketones is 1. The second kappa shape index (κ2) is 4.96. The van der Waals surface area contributed by atoms with Crippen molar-refractivity contribution in [3.63, 3.8) is 0 Å². The van der Waals surface area contributed by atoms with E-state index in [9.17, 15) is 4.79 Å². The molecule has 1 aromatic carbocycles. The minimum atomic E-state index is -0.00540. The van der Waals surface area contributed by atoms with E-state index in [2.05, 4.69) is 15.9 Å². The monoisotopic (exact) mass is 254 g/mol. The first-order chi connectivity index (χ1) is 6.65. The fourth-order valence-electron chi connectivity index (χ4n) is 1.10. The predicted molar refractivity (Wildman–Crippen MR) is 59.8 cm³/mol. The molecule has 0 heterocycles. The molecule has 0 aliphatic heterocycles. The summed E-state index contributed by atoms with van der Waals surface area (Å²) in [6.07, 6.45) is 1.46.